The molecule has 3 aromatic rings. The lowest BCUT2D eigenvalue weighted by Crippen LogP contribution is -2.62. The third-order valence-electron chi connectivity index (χ3n) is 8.39. The molecule has 4 aliphatic heterocycles. The summed E-state index contributed by atoms with van der Waals surface area (Å²) in [6.07, 6.45) is 0.176. The molecule has 4 aliphatic rings. The molecule has 9 nitrogen and oxygen atoms in total. The summed E-state index contributed by atoms with van der Waals surface area (Å²) in [6, 6.07) is 11.6. The number of fused-ring (bicyclic) bond motifs is 3. The predicted molar refractivity (Wildman–Crippen MR) is 141 cm³/mol. The number of likely N-dealkylation sites (tertiary alicyclic amines) is 1. The van der Waals surface area contributed by atoms with E-state index in [0.29, 0.717) is 49.7 Å². The van der Waals surface area contributed by atoms with Gasteiger partial charge in [0.15, 0.2) is 5.82 Å². The van der Waals surface area contributed by atoms with E-state index < -0.39 is 12.0 Å². The minimum Gasteiger partial charge on any atom is -0.378 e. The number of alkyl halides is 1. The molecule has 0 radical (unpaired) electrons. The van der Waals surface area contributed by atoms with E-state index in [1.807, 2.05) is 13.0 Å². The van der Waals surface area contributed by atoms with Crippen LogP contribution in [0.1, 0.15) is 23.7 Å². The first-order valence-electron chi connectivity index (χ1n) is 13.5. The van der Waals surface area contributed by atoms with Gasteiger partial charge >= 0.3 is 0 Å². The summed E-state index contributed by atoms with van der Waals surface area (Å²) in [5.74, 6) is -0.442. The Kier molecular flexibility index (Phi) is 5.97. The van der Waals surface area contributed by atoms with Crippen LogP contribution in [0.15, 0.2) is 36.5 Å². The van der Waals surface area contributed by atoms with Gasteiger partial charge in [0.25, 0.3) is 0 Å². The van der Waals surface area contributed by atoms with E-state index in [2.05, 4.69) is 43.7 Å². The van der Waals surface area contributed by atoms with Crippen molar-refractivity contribution < 1.29 is 18.3 Å². The Balaban J connectivity index is 1.02. The number of pyridine rings is 1. The van der Waals surface area contributed by atoms with E-state index in [9.17, 15) is 14.0 Å². The molecule has 1 spiro atoms. The van der Waals surface area contributed by atoms with E-state index in [1.165, 1.54) is 10.1 Å². The zero-order valence-electron chi connectivity index (χ0n) is 21.7. The van der Waals surface area contributed by atoms with E-state index in [0.717, 1.165) is 37.1 Å². The largest absolute Gasteiger partial charge is 0.378 e. The summed E-state index contributed by atoms with van der Waals surface area (Å²) in [6.45, 7) is 7.12. The van der Waals surface area contributed by atoms with Crippen molar-refractivity contribution >= 4 is 16.9 Å². The molecule has 3 saturated heterocycles. The van der Waals surface area contributed by atoms with Crippen LogP contribution in [0.4, 0.5) is 20.2 Å². The highest BCUT2D eigenvalue weighted by molar-refractivity contribution is 5.74. The van der Waals surface area contributed by atoms with Crippen molar-refractivity contribution in [3.05, 3.63) is 59.2 Å². The average molecular weight is 536 g/mol. The van der Waals surface area contributed by atoms with Crippen LogP contribution in [0.2, 0.25) is 0 Å². The van der Waals surface area contributed by atoms with Gasteiger partial charge in [-0.2, -0.15) is 10.4 Å². The minimum atomic E-state index is -0.885. The van der Waals surface area contributed by atoms with Gasteiger partial charge in [0.2, 0.25) is 0 Å². The summed E-state index contributed by atoms with van der Waals surface area (Å²) in [7, 11) is 0. The Bertz CT molecular complexity index is 1450. The number of hydrogen-bond donors (Lipinski definition) is 2. The van der Waals surface area contributed by atoms with Crippen LogP contribution in [0, 0.1) is 17.1 Å². The number of ether oxygens (including phenoxy) is 2. The molecule has 39 heavy (non-hydrogen) atoms. The fraction of sp³-hybridized carbons (Fsp3) is 0.500. The highest BCUT2D eigenvalue weighted by atomic mass is 19.1. The first kappa shape index (κ1) is 24.7. The Morgan fingerprint density at radius 3 is 2.90 bits per heavy atom. The van der Waals surface area contributed by atoms with Gasteiger partial charge in [-0.15, -0.1) is 0 Å². The zero-order valence-corrected chi connectivity index (χ0v) is 21.7. The maximum Gasteiger partial charge on any atom is 0.171 e. The molecule has 6 heterocycles. The van der Waals surface area contributed by atoms with Crippen LogP contribution >= 0.6 is 0 Å². The third-order valence-corrected chi connectivity index (χ3v) is 8.39. The van der Waals surface area contributed by atoms with Crippen molar-refractivity contribution in [2.75, 3.05) is 56.0 Å². The number of morpholine rings is 1. The van der Waals surface area contributed by atoms with Gasteiger partial charge in [0, 0.05) is 51.5 Å². The number of nitrogens with one attached hydrogen (secondary N) is 2. The highest BCUT2D eigenvalue weighted by Crippen LogP contribution is 2.44. The van der Waals surface area contributed by atoms with Crippen molar-refractivity contribution in [1.82, 2.24) is 19.8 Å². The minimum absolute atomic E-state index is 0.0333. The van der Waals surface area contributed by atoms with Crippen molar-refractivity contribution in [3.63, 3.8) is 0 Å². The van der Waals surface area contributed by atoms with Gasteiger partial charge < -0.3 is 25.0 Å². The van der Waals surface area contributed by atoms with E-state index >= 15 is 0 Å². The first-order chi connectivity index (χ1) is 18.9. The first-order valence-corrected chi connectivity index (χ1v) is 13.5. The number of anilines is 2. The fourth-order valence-corrected chi connectivity index (χ4v) is 6.63. The number of nitrogens with zero attached hydrogens (tertiary/aromatic N) is 5. The molecule has 0 unspecified atom stereocenters. The topological polar surface area (TPSA) is 90.1 Å². The molecule has 2 aromatic heterocycles. The molecule has 0 amide bonds. The van der Waals surface area contributed by atoms with Gasteiger partial charge in [0.05, 0.1) is 36.7 Å². The number of rotatable bonds is 5. The summed E-state index contributed by atoms with van der Waals surface area (Å²) >= 11 is 0. The normalized spacial score (nSPS) is 28.0. The molecule has 2 N–H and O–H groups in total. The van der Waals surface area contributed by atoms with E-state index in [1.54, 1.807) is 12.1 Å². The smallest absolute Gasteiger partial charge is 0.171 e. The Labute approximate surface area is 225 Å². The molecule has 7 rings (SSSR count). The molecule has 4 atom stereocenters. The Morgan fingerprint density at radius 1 is 1.23 bits per heavy atom. The highest BCUT2D eigenvalue weighted by Gasteiger charge is 2.50. The Hall–Kier alpha value is -3.30. The second-order valence-electron chi connectivity index (χ2n) is 11.2. The standard InChI is InChI=1S/C28H31F2N7O2/c1-17-11-36(26-5-3-20(7-31)37-27(26)24(30)9-33-37)13-21(39-17)12-35-15-28(16-35)22-4-2-19(6-18(22)14-38-28)34-25-10-32-8-23(25)29/h2-6,9,17,21,23,25,32,34H,8,10-16H2,1H3/t17-,21+,23-,25+/m1/s1. The molecular formula is C28H31F2N7O2. The number of hydrogen-bond acceptors (Lipinski definition) is 8. The van der Waals surface area contributed by atoms with Crippen LogP contribution in [0.25, 0.3) is 5.52 Å². The van der Waals surface area contributed by atoms with E-state index in [4.69, 9.17) is 9.47 Å². The molecule has 0 bridgehead atoms. The summed E-state index contributed by atoms with van der Waals surface area (Å²) in [4.78, 5) is 4.47. The van der Waals surface area contributed by atoms with Crippen molar-refractivity contribution in [1.29, 1.82) is 5.26 Å². The summed E-state index contributed by atoms with van der Waals surface area (Å²) < 4.78 is 42.7. The van der Waals surface area contributed by atoms with Gasteiger partial charge in [-0.05, 0) is 42.3 Å². The zero-order chi connectivity index (χ0) is 26.7. The van der Waals surface area contributed by atoms with Crippen LogP contribution in [-0.4, -0.2) is 84.7 Å². The SMILES string of the molecule is C[C@@H]1CN(c2ccc(C#N)n3ncc(F)c23)C[C@H](CN2CC3(C2)OCc2cc(N[C@H]4CNC[C@H]4F)ccc23)O1. The van der Waals surface area contributed by atoms with Crippen molar-refractivity contribution in [2.24, 2.45) is 0 Å². The van der Waals surface area contributed by atoms with Crippen molar-refractivity contribution in [2.45, 2.75) is 43.6 Å². The average Bonchev–Trinajstić information content (AvgIpc) is 3.60. The quantitative estimate of drug-likeness (QED) is 0.515. The van der Waals surface area contributed by atoms with Crippen molar-refractivity contribution in [3.8, 4) is 6.07 Å². The molecule has 0 saturated carbocycles. The van der Waals surface area contributed by atoms with Crippen LogP contribution < -0.4 is 15.5 Å². The Morgan fingerprint density at radius 2 is 2.10 bits per heavy atom. The fourth-order valence-electron chi connectivity index (χ4n) is 6.63. The number of aromatic nitrogens is 2. The third kappa shape index (κ3) is 4.23. The summed E-state index contributed by atoms with van der Waals surface area (Å²) in [5, 5.41) is 19.9. The lowest BCUT2D eigenvalue weighted by atomic mass is 9.85. The summed E-state index contributed by atoms with van der Waals surface area (Å²) in [5.41, 5.74) is 4.31. The van der Waals surface area contributed by atoms with E-state index in [-0.39, 0.29) is 23.9 Å². The molecule has 204 valence electrons. The van der Waals surface area contributed by atoms with Crippen LogP contribution in [-0.2, 0) is 21.7 Å². The maximum absolute atomic E-state index is 14.7. The van der Waals surface area contributed by atoms with Gasteiger partial charge in [-0.3, -0.25) is 4.90 Å². The molecule has 0 aliphatic carbocycles. The molecular weight excluding hydrogens is 504 g/mol. The monoisotopic (exact) mass is 535 g/mol. The molecule has 11 heteroatoms. The lowest BCUT2D eigenvalue weighted by molar-refractivity contribution is -0.155. The van der Waals surface area contributed by atoms with Gasteiger partial charge in [-0.25, -0.2) is 13.3 Å². The number of nitriles is 1. The van der Waals surface area contributed by atoms with Crippen LogP contribution in [0.5, 0.6) is 0 Å². The second kappa shape index (κ2) is 9.41. The lowest BCUT2D eigenvalue weighted by Gasteiger charge is -2.50. The second-order valence-corrected chi connectivity index (χ2v) is 11.2. The van der Waals surface area contributed by atoms with Gasteiger partial charge in [-0.1, -0.05) is 6.07 Å². The number of halogens is 2. The van der Waals surface area contributed by atoms with Gasteiger partial charge in [0.1, 0.15) is 29.1 Å². The molecule has 3 fully saturated rings. The predicted octanol–water partition coefficient (Wildman–Crippen LogP) is 2.40. The number of benzene rings is 1. The molecule has 1 aromatic carbocycles. The maximum atomic E-state index is 14.7. The van der Waals surface area contributed by atoms with Crippen LogP contribution in [0.3, 0.4) is 0 Å².